The Kier molecular flexibility index (Phi) is 5.79. The number of nitrogens with one attached hydrogen (secondary N) is 1. The third-order valence-corrected chi connectivity index (χ3v) is 7.50. The quantitative estimate of drug-likeness (QED) is 0.872. The molecule has 0 atom stereocenters. The van der Waals surface area contributed by atoms with Crippen LogP contribution in [0.3, 0.4) is 0 Å². The van der Waals surface area contributed by atoms with Gasteiger partial charge in [0, 0.05) is 24.7 Å². The highest BCUT2D eigenvalue weighted by Gasteiger charge is 2.29. The first kappa shape index (κ1) is 18.4. The van der Waals surface area contributed by atoms with E-state index in [9.17, 15) is 13.2 Å². The van der Waals surface area contributed by atoms with Gasteiger partial charge in [0.05, 0.1) is 4.90 Å². The van der Waals surface area contributed by atoms with Crippen LogP contribution in [-0.2, 0) is 10.0 Å². The van der Waals surface area contributed by atoms with Crippen LogP contribution in [0.4, 0.5) is 0 Å². The van der Waals surface area contributed by atoms with Crippen molar-refractivity contribution < 1.29 is 13.2 Å². The van der Waals surface area contributed by atoms with Gasteiger partial charge in [-0.3, -0.25) is 4.79 Å². The second-order valence-electron chi connectivity index (χ2n) is 7.29. The fraction of sp³-hybridized carbons (Fsp3) is 0.632. The van der Waals surface area contributed by atoms with E-state index in [-0.39, 0.29) is 22.9 Å². The molecule has 0 heterocycles. The monoisotopic (exact) mass is 364 g/mol. The molecule has 1 aromatic rings. The molecule has 0 radical (unpaired) electrons. The fourth-order valence-corrected chi connectivity index (χ4v) is 5.34. The zero-order valence-electron chi connectivity index (χ0n) is 14.9. The third-order valence-electron chi connectivity index (χ3n) is 5.57. The Labute approximate surface area is 150 Å². The standard InChI is InChI=1S/C19H28N2O3S/c1-21(17-9-3-2-4-10-17)25(23,24)18-13-11-15(12-14-18)19(22)20-16-7-5-6-8-16/h11-14,16-17H,2-10H2,1H3,(H,20,22). The molecule has 0 spiro atoms. The summed E-state index contributed by atoms with van der Waals surface area (Å²) in [6, 6.07) is 6.69. The first-order valence-electron chi connectivity index (χ1n) is 9.37. The lowest BCUT2D eigenvalue weighted by Gasteiger charge is -2.30. The SMILES string of the molecule is CN(C1CCCCC1)S(=O)(=O)c1ccc(C(=O)NC2CCCC2)cc1. The lowest BCUT2D eigenvalue weighted by Crippen LogP contribution is -2.38. The Morgan fingerprint density at radius 2 is 1.52 bits per heavy atom. The molecule has 138 valence electrons. The number of sulfonamides is 1. The van der Waals surface area contributed by atoms with Crippen LogP contribution in [0.25, 0.3) is 0 Å². The molecule has 0 aromatic heterocycles. The average molecular weight is 365 g/mol. The van der Waals surface area contributed by atoms with Gasteiger partial charge in [-0.1, -0.05) is 32.1 Å². The maximum atomic E-state index is 12.8. The summed E-state index contributed by atoms with van der Waals surface area (Å²) >= 11 is 0. The predicted molar refractivity (Wildman–Crippen MR) is 98.0 cm³/mol. The number of carbonyl (C=O) groups is 1. The van der Waals surface area contributed by atoms with Gasteiger partial charge in [-0.15, -0.1) is 0 Å². The van der Waals surface area contributed by atoms with Crippen molar-refractivity contribution in [1.29, 1.82) is 0 Å². The van der Waals surface area contributed by atoms with E-state index in [4.69, 9.17) is 0 Å². The zero-order valence-corrected chi connectivity index (χ0v) is 15.7. The van der Waals surface area contributed by atoms with E-state index in [1.807, 2.05) is 0 Å². The number of carbonyl (C=O) groups excluding carboxylic acids is 1. The fourth-order valence-electron chi connectivity index (χ4n) is 3.92. The summed E-state index contributed by atoms with van der Waals surface area (Å²) in [5.74, 6) is -0.114. The minimum Gasteiger partial charge on any atom is -0.349 e. The van der Waals surface area contributed by atoms with Crippen molar-refractivity contribution in [2.75, 3.05) is 7.05 Å². The van der Waals surface area contributed by atoms with Gasteiger partial charge in [0.1, 0.15) is 0 Å². The van der Waals surface area contributed by atoms with Gasteiger partial charge in [-0.2, -0.15) is 4.31 Å². The molecule has 2 aliphatic carbocycles. The highest BCUT2D eigenvalue weighted by atomic mass is 32.2. The number of hydrogen-bond acceptors (Lipinski definition) is 3. The van der Waals surface area contributed by atoms with Crippen LogP contribution in [-0.4, -0.2) is 37.8 Å². The summed E-state index contributed by atoms with van der Waals surface area (Å²) in [6.45, 7) is 0. The van der Waals surface area contributed by atoms with Crippen molar-refractivity contribution in [3.8, 4) is 0 Å². The van der Waals surface area contributed by atoms with Crippen molar-refractivity contribution in [2.24, 2.45) is 0 Å². The highest BCUT2D eigenvalue weighted by Crippen LogP contribution is 2.26. The minimum absolute atomic E-state index is 0.0871. The molecule has 0 bridgehead atoms. The van der Waals surface area contributed by atoms with E-state index < -0.39 is 10.0 Å². The Hall–Kier alpha value is -1.40. The maximum Gasteiger partial charge on any atom is 0.251 e. The second-order valence-corrected chi connectivity index (χ2v) is 9.29. The van der Waals surface area contributed by atoms with Crippen LogP contribution in [0, 0.1) is 0 Å². The molecule has 0 aliphatic heterocycles. The number of benzene rings is 1. The first-order chi connectivity index (χ1) is 12.0. The predicted octanol–water partition coefficient (Wildman–Crippen LogP) is 3.31. The molecular formula is C19H28N2O3S. The number of rotatable bonds is 5. The average Bonchev–Trinajstić information content (AvgIpc) is 3.15. The molecule has 5 nitrogen and oxygen atoms in total. The Balaban J connectivity index is 1.68. The van der Waals surface area contributed by atoms with Gasteiger partial charge in [0.25, 0.3) is 5.91 Å². The van der Waals surface area contributed by atoms with Crippen LogP contribution < -0.4 is 5.32 Å². The van der Waals surface area contributed by atoms with Gasteiger partial charge in [0.15, 0.2) is 0 Å². The van der Waals surface area contributed by atoms with E-state index in [1.54, 1.807) is 31.3 Å². The summed E-state index contributed by atoms with van der Waals surface area (Å²) in [4.78, 5) is 12.5. The molecule has 25 heavy (non-hydrogen) atoms. The number of amides is 1. The van der Waals surface area contributed by atoms with Crippen LogP contribution in [0.2, 0.25) is 0 Å². The Morgan fingerprint density at radius 3 is 2.12 bits per heavy atom. The number of hydrogen-bond donors (Lipinski definition) is 1. The van der Waals surface area contributed by atoms with Crippen LogP contribution >= 0.6 is 0 Å². The molecule has 1 N–H and O–H groups in total. The van der Waals surface area contributed by atoms with E-state index in [1.165, 1.54) is 10.7 Å². The van der Waals surface area contributed by atoms with Gasteiger partial charge < -0.3 is 5.32 Å². The molecule has 6 heteroatoms. The van der Waals surface area contributed by atoms with E-state index >= 15 is 0 Å². The van der Waals surface area contributed by atoms with E-state index in [0.29, 0.717) is 5.56 Å². The van der Waals surface area contributed by atoms with Crippen LogP contribution in [0.5, 0.6) is 0 Å². The van der Waals surface area contributed by atoms with E-state index in [2.05, 4.69) is 5.32 Å². The van der Waals surface area contributed by atoms with Gasteiger partial charge in [-0.25, -0.2) is 8.42 Å². The summed E-state index contributed by atoms with van der Waals surface area (Å²) in [6.07, 6.45) is 9.61. The third kappa shape index (κ3) is 4.23. The molecular weight excluding hydrogens is 336 g/mol. The normalized spacial score (nSPS) is 20.1. The lowest BCUT2D eigenvalue weighted by molar-refractivity contribution is 0.0937. The summed E-state index contributed by atoms with van der Waals surface area (Å²) in [5.41, 5.74) is 0.520. The number of nitrogens with zero attached hydrogens (tertiary/aromatic N) is 1. The van der Waals surface area contributed by atoms with Gasteiger partial charge >= 0.3 is 0 Å². The molecule has 2 aliphatic rings. The molecule has 1 amide bonds. The zero-order chi connectivity index (χ0) is 17.9. The van der Waals surface area contributed by atoms with Crippen molar-refractivity contribution in [3.63, 3.8) is 0 Å². The minimum atomic E-state index is -3.50. The van der Waals surface area contributed by atoms with Crippen molar-refractivity contribution in [1.82, 2.24) is 9.62 Å². The molecule has 0 saturated heterocycles. The Morgan fingerprint density at radius 1 is 0.960 bits per heavy atom. The first-order valence-corrected chi connectivity index (χ1v) is 10.8. The topological polar surface area (TPSA) is 66.5 Å². The van der Waals surface area contributed by atoms with Gasteiger partial charge in [0.2, 0.25) is 10.0 Å². The maximum absolute atomic E-state index is 12.8. The van der Waals surface area contributed by atoms with Crippen LogP contribution in [0.15, 0.2) is 29.2 Å². The lowest BCUT2D eigenvalue weighted by atomic mass is 9.96. The molecule has 2 fully saturated rings. The molecule has 0 unspecified atom stereocenters. The van der Waals surface area contributed by atoms with Crippen molar-refractivity contribution in [2.45, 2.75) is 74.8 Å². The van der Waals surface area contributed by atoms with E-state index in [0.717, 1.165) is 51.4 Å². The highest BCUT2D eigenvalue weighted by molar-refractivity contribution is 7.89. The molecule has 2 saturated carbocycles. The summed E-state index contributed by atoms with van der Waals surface area (Å²) in [5, 5.41) is 3.03. The van der Waals surface area contributed by atoms with Crippen molar-refractivity contribution in [3.05, 3.63) is 29.8 Å². The smallest absolute Gasteiger partial charge is 0.251 e. The second kappa shape index (κ2) is 7.87. The van der Waals surface area contributed by atoms with Crippen LogP contribution in [0.1, 0.15) is 68.1 Å². The van der Waals surface area contributed by atoms with Crippen molar-refractivity contribution >= 4 is 15.9 Å². The summed E-state index contributed by atoms with van der Waals surface area (Å²) < 4.78 is 27.1. The Bertz CT molecular complexity index is 688. The largest absolute Gasteiger partial charge is 0.349 e. The molecule has 1 aromatic carbocycles. The molecule has 3 rings (SSSR count). The van der Waals surface area contributed by atoms with Gasteiger partial charge in [-0.05, 0) is 49.9 Å². The summed E-state index contributed by atoms with van der Waals surface area (Å²) in [7, 11) is -1.83.